The predicted molar refractivity (Wildman–Crippen MR) is 71.8 cm³/mol. The topological polar surface area (TPSA) is 88.3 Å². The number of sulfonamides is 1. The Kier molecular flexibility index (Phi) is 5.33. The Balaban J connectivity index is 3.01. The first-order valence-electron chi connectivity index (χ1n) is 5.52. The Morgan fingerprint density at radius 2 is 2.22 bits per heavy atom. The van der Waals surface area contributed by atoms with Crippen molar-refractivity contribution in [2.75, 3.05) is 19.0 Å². The number of aromatic nitrogens is 1. The smallest absolute Gasteiger partial charge is 0.244 e. The molecule has 6 nitrogen and oxygen atoms in total. The lowest BCUT2D eigenvalue weighted by molar-refractivity contribution is 0.459. The van der Waals surface area contributed by atoms with E-state index < -0.39 is 10.0 Å². The van der Waals surface area contributed by atoms with Gasteiger partial charge in [-0.25, -0.2) is 23.5 Å². The van der Waals surface area contributed by atoms with Crippen molar-refractivity contribution in [3.63, 3.8) is 0 Å². The zero-order valence-electron chi connectivity index (χ0n) is 10.4. The normalized spacial score (nSPS) is 11.8. The summed E-state index contributed by atoms with van der Waals surface area (Å²) in [4.78, 5) is 3.91. The fourth-order valence-electron chi connectivity index (χ4n) is 1.35. The first-order valence-corrected chi connectivity index (χ1v) is 7.33. The third-order valence-corrected chi connectivity index (χ3v) is 4.60. The molecule has 1 rings (SSSR count). The van der Waals surface area contributed by atoms with Crippen LogP contribution in [-0.2, 0) is 10.0 Å². The van der Waals surface area contributed by atoms with Gasteiger partial charge in [0.2, 0.25) is 10.0 Å². The molecule has 0 aliphatic carbocycles. The molecule has 3 N–H and O–H groups in total. The molecule has 0 aliphatic rings. The molecule has 102 valence electrons. The van der Waals surface area contributed by atoms with E-state index in [9.17, 15) is 8.42 Å². The number of rotatable bonds is 6. The summed E-state index contributed by atoms with van der Waals surface area (Å²) >= 11 is 5.86. The van der Waals surface area contributed by atoms with E-state index in [4.69, 9.17) is 17.4 Å². The van der Waals surface area contributed by atoms with E-state index in [1.807, 2.05) is 6.92 Å². The Morgan fingerprint density at radius 3 is 2.72 bits per heavy atom. The number of nitrogen functional groups attached to an aromatic ring is 1. The molecule has 0 atom stereocenters. The fourth-order valence-corrected chi connectivity index (χ4v) is 2.82. The van der Waals surface area contributed by atoms with Gasteiger partial charge in [-0.1, -0.05) is 24.9 Å². The summed E-state index contributed by atoms with van der Waals surface area (Å²) < 4.78 is 25.6. The van der Waals surface area contributed by atoms with Crippen molar-refractivity contribution in [3.8, 4) is 0 Å². The maximum Gasteiger partial charge on any atom is 0.244 e. The summed E-state index contributed by atoms with van der Waals surface area (Å²) in [6.07, 6.45) is 2.97. The Hall–Kier alpha value is -0.890. The van der Waals surface area contributed by atoms with Crippen LogP contribution in [0, 0.1) is 0 Å². The van der Waals surface area contributed by atoms with Crippen LogP contribution >= 0.6 is 11.6 Å². The number of nitrogens with two attached hydrogens (primary N) is 1. The SMILES string of the molecule is CCCCN(C)S(=O)(=O)c1cnc(NN)c(Cl)c1. The number of halogens is 1. The van der Waals surface area contributed by atoms with Crippen molar-refractivity contribution >= 4 is 27.4 Å². The summed E-state index contributed by atoms with van der Waals surface area (Å²) in [5.41, 5.74) is 2.29. The summed E-state index contributed by atoms with van der Waals surface area (Å²) in [6, 6.07) is 1.33. The predicted octanol–water partition coefficient (Wildman–Crippen LogP) is 1.44. The first kappa shape index (κ1) is 15.2. The van der Waals surface area contributed by atoms with Crippen molar-refractivity contribution in [2.45, 2.75) is 24.7 Å². The van der Waals surface area contributed by atoms with Crippen LogP contribution in [0.4, 0.5) is 5.82 Å². The highest BCUT2D eigenvalue weighted by Gasteiger charge is 2.21. The van der Waals surface area contributed by atoms with Gasteiger partial charge in [0, 0.05) is 19.8 Å². The second-order valence-electron chi connectivity index (χ2n) is 3.83. The second-order valence-corrected chi connectivity index (χ2v) is 6.28. The van der Waals surface area contributed by atoms with Gasteiger partial charge in [-0.3, -0.25) is 0 Å². The lowest BCUT2D eigenvalue weighted by Gasteiger charge is -2.17. The third kappa shape index (κ3) is 3.32. The van der Waals surface area contributed by atoms with E-state index in [1.54, 1.807) is 0 Å². The molecule has 0 spiro atoms. The average molecular weight is 293 g/mol. The molecule has 0 bridgehead atoms. The van der Waals surface area contributed by atoms with Crippen LogP contribution in [0.3, 0.4) is 0 Å². The van der Waals surface area contributed by atoms with Gasteiger partial charge in [-0.2, -0.15) is 0 Å². The standard InChI is InChI=1S/C10H17ClN4O2S/c1-3-4-5-15(2)18(16,17)8-6-9(11)10(14-12)13-7-8/h6-7H,3-5,12H2,1-2H3,(H,13,14). The molecule has 0 amide bonds. The fraction of sp³-hybridized carbons (Fsp3) is 0.500. The molecule has 0 saturated carbocycles. The number of pyridine rings is 1. The number of nitrogens with zero attached hydrogens (tertiary/aromatic N) is 2. The van der Waals surface area contributed by atoms with Crippen LogP contribution in [0.2, 0.25) is 5.02 Å². The Labute approximate surface area is 112 Å². The van der Waals surface area contributed by atoms with Crippen molar-refractivity contribution < 1.29 is 8.42 Å². The molecular weight excluding hydrogens is 276 g/mol. The van der Waals surface area contributed by atoms with Gasteiger partial charge in [0.15, 0.2) is 5.82 Å². The van der Waals surface area contributed by atoms with Gasteiger partial charge >= 0.3 is 0 Å². The highest BCUT2D eigenvalue weighted by Crippen LogP contribution is 2.23. The monoisotopic (exact) mass is 292 g/mol. The van der Waals surface area contributed by atoms with Gasteiger partial charge in [0.25, 0.3) is 0 Å². The molecule has 0 radical (unpaired) electrons. The van der Waals surface area contributed by atoms with Gasteiger partial charge < -0.3 is 5.43 Å². The number of unbranched alkanes of at least 4 members (excludes halogenated alkanes) is 1. The van der Waals surface area contributed by atoms with Crippen molar-refractivity contribution in [3.05, 3.63) is 17.3 Å². The zero-order valence-corrected chi connectivity index (χ0v) is 11.9. The Morgan fingerprint density at radius 1 is 1.56 bits per heavy atom. The minimum atomic E-state index is -3.54. The highest BCUT2D eigenvalue weighted by molar-refractivity contribution is 7.89. The van der Waals surface area contributed by atoms with Gasteiger partial charge in [0.1, 0.15) is 4.90 Å². The lowest BCUT2D eigenvalue weighted by atomic mass is 10.3. The molecule has 18 heavy (non-hydrogen) atoms. The number of nitrogens with one attached hydrogen (secondary N) is 1. The Bertz CT molecular complexity index is 507. The highest BCUT2D eigenvalue weighted by atomic mass is 35.5. The second kappa shape index (κ2) is 6.33. The molecule has 1 heterocycles. The van der Waals surface area contributed by atoms with E-state index in [-0.39, 0.29) is 15.7 Å². The maximum absolute atomic E-state index is 12.2. The molecular formula is C10H17ClN4O2S. The number of hydrazine groups is 1. The number of hydrogen-bond donors (Lipinski definition) is 2. The third-order valence-electron chi connectivity index (χ3n) is 2.49. The lowest BCUT2D eigenvalue weighted by Crippen LogP contribution is -2.28. The zero-order chi connectivity index (χ0) is 13.8. The number of hydrogen-bond acceptors (Lipinski definition) is 5. The molecule has 0 unspecified atom stereocenters. The molecule has 0 fully saturated rings. The summed E-state index contributed by atoms with van der Waals surface area (Å²) in [7, 11) is -2.01. The number of anilines is 1. The van der Waals surface area contributed by atoms with Gasteiger partial charge in [-0.15, -0.1) is 0 Å². The van der Waals surface area contributed by atoms with Crippen LogP contribution in [0.25, 0.3) is 0 Å². The van der Waals surface area contributed by atoms with Gasteiger partial charge in [-0.05, 0) is 12.5 Å². The van der Waals surface area contributed by atoms with E-state index >= 15 is 0 Å². The molecule has 1 aromatic heterocycles. The van der Waals surface area contributed by atoms with Crippen LogP contribution in [-0.4, -0.2) is 31.3 Å². The van der Waals surface area contributed by atoms with Gasteiger partial charge in [0.05, 0.1) is 5.02 Å². The van der Waals surface area contributed by atoms with Crippen LogP contribution in [0.15, 0.2) is 17.2 Å². The van der Waals surface area contributed by atoms with E-state index in [0.29, 0.717) is 6.54 Å². The summed E-state index contributed by atoms with van der Waals surface area (Å²) in [5.74, 6) is 5.42. The van der Waals surface area contributed by atoms with Crippen molar-refractivity contribution in [1.29, 1.82) is 0 Å². The van der Waals surface area contributed by atoms with Crippen molar-refractivity contribution in [1.82, 2.24) is 9.29 Å². The first-order chi connectivity index (χ1) is 8.43. The minimum absolute atomic E-state index is 0.0603. The van der Waals surface area contributed by atoms with E-state index in [2.05, 4.69) is 10.4 Å². The summed E-state index contributed by atoms with van der Waals surface area (Å²) in [6.45, 7) is 2.47. The van der Waals surface area contributed by atoms with Crippen LogP contribution < -0.4 is 11.3 Å². The van der Waals surface area contributed by atoms with Crippen LogP contribution in [0.5, 0.6) is 0 Å². The van der Waals surface area contributed by atoms with E-state index in [1.165, 1.54) is 23.6 Å². The molecule has 8 heteroatoms. The molecule has 0 aromatic carbocycles. The summed E-state index contributed by atoms with van der Waals surface area (Å²) in [5, 5.41) is 0.169. The average Bonchev–Trinajstić information content (AvgIpc) is 2.35. The molecule has 1 aromatic rings. The van der Waals surface area contributed by atoms with E-state index in [0.717, 1.165) is 12.8 Å². The molecule has 0 aliphatic heterocycles. The van der Waals surface area contributed by atoms with Crippen molar-refractivity contribution in [2.24, 2.45) is 5.84 Å². The van der Waals surface area contributed by atoms with Crippen LogP contribution in [0.1, 0.15) is 19.8 Å². The maximum atomic E-state index is 12.2. The molecule has 0 saturated heterocycles. The largest absolute Gasteiger partial charge is 0.307 e. The minimum Gasteiger partial charge on any atom is -0.307 e. The quantitative estimate of drug-likeness (QED) is 0.612.